The summed E-state index contributed by atoms with van der Waals surface area (Å²) in [5.41, 5.74) is 3.37. The first-order valence-corrected chi connectivity index (χ1v) is 8.86. The van der Waals surface area contributed by atoms with Crippen molar-refractivity contribution in [1.29, 1.82) is 0 Å². The summed E-state index contributed by atoms with van der Waals surface area (Å²) in [5, 5.41) is 4.15. The molecule has 26 heavy (non-hydrogen) atoms. The van der Waals surface area contributed by atoms with Crippen LogP contribution in [-0.2, 0) is 16.8 Å². The van der Waals surface area contributed by atoms with E-state index in [1.165, 1.54) is 11.1 Å². The maximum Gasteiger partial charge on any atom is 0.239 e. The number of amides is 1. The molecule has 1 N–H and O–H groups in total. The second-order valence-corrected chi connectivity index (χ2v) is 7.40. The summed E-state index contributed by atoms with van der Waals surface area (Å²) in [5.74, 6) is 0.832. The first-order chi connectivity index (χ1) is 12.4. The number of carbonyl (C=O) groups excluding carboxylic acids is 1. The molecule has 4 nitrogen and oxygen atoms in total. The van der Waals surface area contributed by atoms with Crippen molar-refractivity contribution in [3.8, 4) is 5.75 Å². The molecule has 0 unspecified atom stereocenters. The molecule has 0 aliphatic heterocycles. The second-order valence-electron chi connectivity index (χ2n) is 7.40. The molecule has 0 spiro atoms. The Kier molecular flexibility index (Phi) is 5.03. The molecule has 0 saturated heterocycles. The van der Waals surface area contributed by atoms with Gasteiger partial charge < -0.3 is 14.6 Å². The number of aromatic nitrogens is 1. The Labute approximate surface area is 154 Å². The lowest BCUT2D eigenvalue weighted by molar-refractivity contribution is -0.121. The SMILES string of the molecule is COc1ccc2c(ccn2CC(=O)NCC(C)(C)c2cccc(C)c2)c1. The third-order valence-electron chi connectivity index (χ3n) is 4.82. The Balaban J connectivity index is 1.66. The molecule has 0 aliphatic rings. The first-order valence-electron chi connectivity index (χ1n) is 8.86. The van der Waals surface area contributed by atoms with Gasteiger partial charge in [0.15, 0.2) is 0 Å². The monoisotopic (exact) mass is 350 g/mol. The summed E-state index contributed by atoms with van der Waals surface area (Å²) >= 11 is 0. The molecule has 1 heterocycles. The molecule has 0 atom stereocenters. The van der Waals surface area contributed by atoms with Crippen molar-refractivity contribution >= 4 is 16.8 Å². The van der Waals surface area contributed by atoms with Crippen LogP contribution in [0.2, 0.25) is 0 Å². The van der Waals surface area contributed by atoms with E-state index in [2.05, 4.69) is 50.4 Å². The summed E-state index contributed by atoms with van der Waals surface area (Å²) in [6, 6.07) is 16.3. The average Bonchev–Trinajstić information content (AvgIpc) is 3.02. The molecule has 3 rings (SSSR count). The number of aryl methyl sites for hydroxylation is 1. The molecule has 1 aromatic heterocycles. The van der Waals surface area contributed by atoms with Crippen LogP contribution in [-0.4, -0.2) is 24.1 Å². The van der Waals surface area contributed by atoms with Crippen molar-refractivity contribution in [2.24, 2.45) is 0 Å². The van der Waals surface area contributed by atoms with E-state index in [9.17, 15) is 4.79 Å². The van der Waals surface area contributed by atoms with Crippen molar-refractivity contribution in [2.45, 2.75) is 32.7 Å². The largest absolute Gasteiger partial charge is 0.497 e. The van der Waals surface area contributed by atoms with E-state index in [1.807, 2.05) is 35.0 Å². The maximum absolute atomic E-state index is 12.5. The van der Waals surface area contributed by atoms with Gasteiger partial charge >= 0.3 is 0 Å². The first kappa shape index (κ1) is 18.1. The number of benzene rings is 2. The number of fused-ring (bicyclic) bond motifs is 1. The highest BCUT2D eigenvalue weighted by molar-refractivity contribution is 5.84. The van der Waals surface area contributed by atoms with E-state index in [4.69, 9.17) is 4.74 Å². The highest BCUT2D eigenvalue weighted by atomic mass is 16.5. The molecule has 0 radical (unpaired) electrons. The minimum Gasteiger partial charge on any atom is -0.497 e. The van der Waals surface area contributed by atoms with Crippen molar-refractivity contribution in [3.63, 3.8) is 0 Å². The molecule has 1 amide bonds. The van der Waals surface area contributed by atoms with Crippen LogP contribution in [0.15, 0.2) is 54.7 Å². The van der Waals surface area contributed by atoms with Crippen molar-refractivity contribution in [3.05, 3.63) is 65.9 Å². The van der Waals surface area contributed by atoms with Crippen LogP contribution in [0, 0.1) is 6.92 Å². The minimum absolute atomic E-state index is 0.0130. The number of hydrogen-bond acceptors (Lipinski definition) is 2. The van der Waals surface area contributed by atoms with Gasteiger partial charge in [0.05, 0.1) is 7.11 Å². The van der Waals surface area contributed by atoms with E-state index >= 15 is 0 Å². The molecule has 0 saturated carbocycles. The number of rotatable bonds is 6. The third kappa shape index (κ3) is 3.90. The van der Waals surface area contributed by atoms with Gasteiger partial charge in [0, 0.05) is 29.1 Å². The Hall–Kier alpha value is -2.75. The summed E-state index contributed by atoms with van der Waals surface area (Å²) in [6.07, 6.45) is 1.94. The molecule has 2 aromatic carbocycles. The zero-order valence-corrected chi connectivity index (χ0v) is 15.9. The maximum atomic E-state index is 12.5. The molecular formula is C22H26N2O2. The zero-order chi connectivity index (χ0) is 18.7. The van der Waals surface area contributed by atoms with E-state index in [0.29, 0.717) is 13.1 Å². The van der Waals surface area contributed by atoms with Crippen molar-refractivity contribution in [1.82, 2.24) is 9.88 Å². The van der Waals surface area contributed by atoms with E-state index < -0.39 is 0 Å². The number of ether oxygens (including phenoxy) is 1. The lowest BCUT2D eigenvalue weighted by Gasteiger charge is -2.26. The molecule has 4 heteroatoms. The van der Waals surface area contributed by atoms with Gasteiger partial charge in [0.25, 0.3) is 0 Å². The molecule has 0 bridgehead atoms. The fourth-order valence-corrected chi connectivity index (χ4v) is 3.14. The van der Waals surface area contributed by atoms with Gasteiger partial charge in [0.2, 0.25) is 5.91 Å². The topological polar surface area (TPSA) is 43.3 Å². The Bertz CT molecular complexity index is 925. The van der Waals surface area contributed by atoms with E-state index in [-0.39, 0.29) is 11.3 Å². The van der Waals surface area contributed by atoms with Crippen LogP contribution in [0.5, 0.6) is 5.75 Å². The Morgan fingerprint density at radius 2 is 1.96 bits per heavy atom. The van der Waals surface area contributed by atoms with Gasteiger partial charge in [-0.3, -0.25) is 4.79 Å². The number of nitrogens with zero attached hydrogens (tertiary/aromatic N) is 1. The lowest BCUT2D eigenvalue weighted by Crippen LogP contribution is -2.38. The number of carbonyl (C=O) groups is 1. The third-order valence-corrected chi connectivity index (χ3v) is 4.82. The van der Waals surface area contributed by atoms with Crippen LogP contribution in [0.3, 0.4) is 0 Å². The second kappa shape index (κ2) is 7.24. The molecule has 3 aromatic rings. The van der Waals surface area contributed by atoms with Crippen LogP contribution in [0.4, 0.5) is 0 Å². The van der Waals surface area contributed by atoms with Crippen molar-refractivity contribution in [2.75, 3.05) is 13.7 Å². The average molecular weight is 350 g/mol. The van der Waals surface area contributed by atoms with Crippen LogP contribution < -0.4 is 10.1 Å². The highest BCUT2D eigenvalue weighted by Gasteiger charge is 2.21. The van der Waals surface area contributed by atoms with Gasteiger partial charge in [-0.2, -0.15) is 0 Å². The molecular weight excluding hydrogens is 324 g/mol. The van der Waals surface area contributed by atoms with E-state index in [0.717, 1.165) is 16.7 Å². The van der Waals surface area contributed by atoms with Crippen molar-refractivity contribution < 1.29 is 9.53 Å². The number of hydrogen-bond donors (Lipinski definition) is 1. The van der Waals surface area contributed by atoms with E-state index in [1.54, 1.807) is 7.11 Å². The Morgan fingerprint density at radius 3 is 2.69 bits per heavy atom. The zero-order valence-electron chi connectivity index (χ0n) is 15.9. The van der Waals surface area contributed by atoms with Gasteiger partial charge in [-0.25, -0.2) is 0 Å². The molecule has 0 fully saturated rings. The standard InChI is InChI=1S/C22H26N2O2/c1-16-6-5-7-18(12-16)22(2,3)15-23-21(25)14-24-11-10-17-13-19(26-4)8-9-20(17)24/h5-13H,14-15H2,1-4H3,(H,23,25). The van der Waals surface area contributed by atoms with Gasteiger partial charge in [0.1, 0.15) is 12.3 Å². The number of nitrogens with one attached hydrogen (secondary N) is 1. The van der Waals surface area contributed by atoms with Gasteiger partial charge in [-0.1, -0.05) is 43.7 Å². The quantitative estimate of drug-likeness (QED) is 0.729. The highest BCUT2D eigenvalue weighted by Crippen LogP contribution is 2.24. The minimum atomic E-state index is -0.117. The number of methoxy groups -OCH3 is 1. The van der Waals surface area contributed by atoms with Gasteiger partial charge in [-0.05, 0) is 36.8 Å². The summed E-state index contributed by atoms with van der Waals surface area (Å²) in [7, 11) is 1.65. The summed E-state index contributed by atoms with van der Waals surface area (Å²) in [6.45, 7) is 7.30. The smallest absolute Gasteiger partial charge is 0.239 e. The summed E-state index contributed by atoms with van der Waals surface area (Å²) in [4.78, 5) is 12.5. The predicted molar refractivity (Wildman–Crippen MR) is 106 cm³/mol. The summed E-state index contributed by atoms with van der Waals surface area (Å²) < 4.78 is 7.21. The fourth-order valence-electron chi connectivity index (χ4n) is 3.14. The fraction of sp³-hybridized carbons (Fsp3) is 0.318. The van der Waals surface area contributed by atoms with Crippen LogP contribution in [0.25, 0.3) is 10.9 Å². The van der Waals surface area contributed by atoms with Crippen LogP contribution >= 0.6 is 0 Å². The normalized spacial score (nSPS) is 11.5. The van der Waals surface area contributed by atoms with Gasteiger partial charge in [-0.15, -0.1) is 0 Å². The van der Waals surface area contributed by atoms with Crippen LogP contribution in [0.1, 0.15) is 25.0 Å². The molecule has 0 aliphatic carbocycles. The lowest BCUT2D eigenvalue weighted by atomic mass is 9.84. The predicted octanol–water partition coefficient (Wildman–Crippen LogP) is 4.05. The Morgan fingerprint density at radius 1 is 1.15 bits per heavy atom. The molecule has 136 valence electrons.